The van der Waals surface area contributed by atoms with Gasteiger partial charge in [0, 0.05) is 27.2 Å². The highest BCUT2D eigenvalue weighted by molar-refractivity contribution is 9.11. The zero-order valence-corrected chi connectivity index (χ0v) is 14.3. The van der Waals surface area contributed by atoms with Crippen LogP contribution in [0.5, 0.6) is 0 Å². The van der Waals surface area contributed by atoms with E-state index in [1.165, 1.54) is 4.31 Å². The molecular weight excluding hydrogens is 400 g/mol. The number of sulfonamides is 1. The summed E-state index contributed by atoms with van der Waals surface area (Å²) in [6.07, 6.45) is 0. The second-order valence-electron chi connectivity index (χ2n) is 4.35. The lowest BCUT2D eigenvalue weighted by atomic mass is 10.3. The number of benzene rings is 1. The van der Waals surface area contributed by atoms with Gasteiger partial charge in [0.05, 0.1) is 13.2 Å². The lowest BCUT2D eigenvalue weighted by Crippen LogP contribution is -2.47. The highest BCUT2D eigenvalue weighted by Gasteiger charge is 2.34. The highest BCUT2D eigenvalue weighted by atomic mass is 79.9. The smallest absolute Gasteiger partial charge is 0.245 e. The van der Waals surface area contributed by atoms with Crippen LogP contribution in [0.15, 0.2) is 26.0 Å². The molecule has 0 amide bonds. The SMILES string of the molecule is CC1COCCN1S(=O)(=O)c1c(Br)cc(N)cc1Br. The molecule has 1 fully saturated rings. The van der Waals surface area contributed by atoms with Crippen LogP contribution in [-0.4, -0.2) is 38.5 Å². The van der Waals surface area contributed by atoms with Crippen LogP contribution in [0.3, 0.4) is 0 Å². The Labute approximate surface area is 129 Å². The summed E-state index contributed by atoms with van der Waals surface area (Å²) >= 11 is 6.55. The van der Waals surface area contributed by atoms with Gasteiger partial charge in [-0.3, -0.25) is 0 Å². The van der Waals surface area contributed by atoms with E-state index in [1.807, 2.05) is 6.92 Å². The summed E-state index contributed by atoms with van der Waals surface area (Å²) in [5.41, 5.74) is 6.18. The van der Waals surface area contributed by atoms with Crippen LogP contribution in [0.25, 0.3) is 0 Å². The van der Waals surface area contributed by atoms with Gasteiger partial charge < -0.3 is 10.5 Å². The summed E-state index contributed by atoms with van der Waals surface area (Å²) in [4.78, 5) is 0.204. The van der Waals surface area contributed by atoms with Crippen LogP contribution in [0, 0.1) is 0 Å². The van der Waals surface area contributed by atoms with E-state index in [0.29, 0.717) is 34.4 Å². The average molecular weight is 414 g/mol. The summed E-state index contributed by atoms with van der Waals surface area (Å²) < 4.78 is 33.1. The number of rotatable bonds is 2. The fourth-order valence-corrected chi connectivity index (χ4v) is 6.16. The van der Waals surface area contributed by atoms with E-state index in [2.05, 4.69) is 31.9 Å². The zero-order chi connectivity index (χ0) is 14.2. The molecule has 1 saturated heterocycles. The first kappa shape index (κ1) is 15.2. The van der Waals surface area contributed by atoms with Gasteiger partial charge in [0.1, 0.15) is 4.90 Å². The molecule has 1 atom stereocenters. The first-order valence-corrected chi connectivity index (χ1v) is 8.70. The van der Waals surface area contributed by atoms with Gasteiger partial charge in [-0.15, -0.1) is 0 Å². The number of hydrogen-bond donors (Lipinski definition) is 1. The van der Waals surface area contributed by atoms with Crippen molar-refractivity contribution < 1.29 is 13.2 Å². The van der Waals surface area contributed by atoms with E-state index in [9.17, 15) is 8.42 Å². The van der Waals surface area contributed by atoms with Gasteiger partial charge in [-0.2, -0.15) is 4.31 Å². The Morgan fingerprint density at radius 1 is 1.37 bits per heavy atom. The van der Waals surface area contributed by atoms with Gasteiger partial charge in [0.15, 0.2) is 0 Å². The first-order chi connectivity index (χ1) is 8.84. The van der Waals surface area contributed by atoms with Crippen LogP contribution in [0.4, 0.5) is 5.69 Å². The van der Waals surface area contributed by atoms with Crippen molar-refractivity contribution in [2.75, 3.05) is 25.5 Å². The molecular formula is C11H14Br2N2O3S. The molecule has 0 aromatic heterocycles. The molecule has 1 unspecified atom stereocenters. The molecule has 0 saturated carbocycles. The molecule has 1 heterocycles. The Bertz CT molecular complexity index is 569. The molecule has 2 rings (SSSR count). The normalized spacial score (nSPS) is 21.5. The van der Waals surface area contributed by atoms with E-state index in [4.69, 9.17) is 10.5 Å². The molecule has 0 radical (unpaired) electrons. The molecule has 8 heteroatoms. The Morgan fingerprint density at radius 3 is 2.47 bits per heavy atom. The average Bonchev–Trinajstić information content (AvgIpc) is 2.27. The maximum atomic E-state index is 12.7. The number of ether oxygens (including phenoxy) is 1. The molecule has 1 aliphatic rings. The van der Waals surface area contributed by atoms with Crippen LogP contribution >= 0.6 is 31.9 Å². The summed E-state index contributed by atoms with van der Waals surface area (Å²) in [5, 5.41) is 0. The molecule has 19 heavy (non-hydrogen) atoms. The molecule has 0 bridgehead atoms. The maximum absolute atomic E-state index is 12.7. The minimum absolute atomic E-state index is 0.185. The fraction of sp³-hybridized carbons (Fsp3) is 0.455. The quantitative estimate of drug-likeness (QED) is 0.754. The van der Waals surface area contributed by atoms with Crippen LogP contribution in [0.1, 0.15) is 6.92 Å². The number of hydrogen-bond acceptors (Lipinski definition) is 4. The van der Waals surface area contributed by atoms with E-state index in [0.717, 1.165) is 0 Å². The van der Waals surface area contributed by atoms with Gasteiger partial charge in [-0.05, 0) is 50.9 Å². The van der Waals surface area contributed by atoms with Gasteiger partial charge >= 0.3 is 0 Å². The summed E-state index contributed by atoms with van der Waals surface area (Å²) in [5.74, 6) is 0. The number of nitrogens with two attached hydrogens (primary N) is 1. The Kier molecular flexibility index (Phi) is 4.56. The molecule has 0 aliphatic carbocycles. The first-order valence-electron chi connectivity index (χ1n) is 5.68. The van der Waals surface area contributed by atoms with E-state index >= 15 is 0 Å². The van der Waals surface area contributed by atoms with Crippen molar-refractivity contribution in [3.8, 4) is 0 Å². The van der Waals surface area contributed by atoms with E-state index in [1.54, 1.807) is 12.1 Å². The lowest BCUT2D eigenvalue weighted by molar-refractivity contribution is 0.0392. The van der Waals surface area contributed by atoms with Gasteiger partial charge in [0.25, 0.3) is 0 Å². The number of nitrogens with zero attached hydrogens (tertiary/aromatic N) is 1. The Hall–Kier alpha value is -0.150. The largest absolute Gasteiger partial charge is 0.399 e. The van der Waals surface area contributed by atoms with Crippen molar-refractivity contribution >= 4 is 47.6 Å². The van der Waals surface area contributed by atoms with Crippen molar-refractivity contribution in [2.45, 2.75) is 17.9 Å². The van der Waals surface area contributed by atoms with Gasteiger partial charge in [0.2, 0.25) is 10.0 Å². The predicted octanol–water partition coefficient (Wildman–Crippen LogP) is 2.20. The third-order valence-corrected chi connectivity index (χ3v) is 6.79. The lowest BCUT2D eigenvalue weighted by Gasteiger charge is -2.32. The molecule has 0 spiro atoms. The summed E-state index contributed by atoms with van der Waals surface area (Å²) in [6.45, 7) is 3.00. The van der Waals surface area contributed by atoms with Crippen molar-refractivity contribution in [3.05, 3.63) is 21.1 Å². The van der Waals surface area contributed by atoms with Crippen LogP contribution in [-0.2, 0) is 14.8 Å². The minimum Gasteiger partial charge on any atom is -0.399 e. The highest BCUT2D eigenvalue weighted by Crippen LogP contribution is 2.35. The van der Waals surface area contributed by atoms with E-state index < -0.39 is 10.0 Å². The molecule has 2 N–H and O–H groups in total. The van der Waals surface area contributed by atoms with Crippen molar-refractivity contribution in [3.63, 3.8) is 0 Å². The van der Waals surface area contributed by atoms with Crippen molar-refractivity contribution in [2.24, 2.45) is 0 Å². The molecule has 106 valence electrons. The third-order valence-electron chi connectivity index (χ3n) is 2.89. The topological polar surface area (TPSA) is 72.6 Å². The summed E-state index contributed by atoms with van der Waals surface area (Å²) in [7, 11) is -3.59. The standard InChI is InChI=1S/C11H14Br2N2O3S/c1-7-6-18-3-2-15(7)19(16,17)11-9(12)4-8(14)5-10(11)13/h4-5,7H,2-3,6,14H2,1H3. The molecule has 1 aromatic rings. The molecule has 1 aliphatic heterocycles. The monoisotopic (exact) mass is 412 g/mol. The molecule has 5 nitrogen and oxygen atoms in total. The summed E-state index contributed by atoms with van der Waals surface area (Å²) in [6, 6.07) is 2.99. The van der Waals surface area contributed by atoms with Crippen LogP contribution < -0.4 is 5.73 Å². The number of nitrogen functional groups attached to an aromatic ring is 1. The third kappa shape index (κ3) is 2.97. The predicted molar refractivity (Wildman–Crippen MR) is 80.4 cm³/mol. The number of morpholine rings is 1. The minimum atomic E-state index is -3.59. The Morgan fingerprint density at radius 2 is 1.95 bits per heavy atom. The maximum Gasteiger partial charge on any atom is 0.245 e. The molecule has 1 aromatic carbocycles. The second-order valence-corrected chi connectivity index (χ2v) is 7.89. The number of halogens is 2. The number of anilines is 1. The Balaban J connectivity index is 2.50. The van der Waals surface area contributed by atoms with E-state index in [-0.39, 0.29) is 10.9 Å². The van der Waals surface area contributed by atoms with Crippen LogP contribution in [0.2, 0.25) is 0 Å². The zero-order valence-electron chi connectivity index (χ0n) is 10.3. The van der Waals surface area contributed by atoms with Gasteiger partial charge in [-0.25, -0.2) is 8.42 Å². The van der Waals surface area contributed by atoms with Crippen molar-refractivity contribution in [1.29, 1.82) is 0 Å². The van der Waals surface area contributed by atoms with Gasteiger partial charge in [-0.1, -0.05) is 0 Å². The fourth-order valence-electron chi connectivity index (χ4n) is 2.01. The van der Waals surface area contributed by atoms with Crippen molar-refractivity contribution in [1.82, 2.24) is 4.31 Å². The second kappa shape index (κ2) is 5.69.